The molecule has 1 aromatic carbocycles. The number of morpholine rings is 1. The van der Waals surface area contributed by atoms with E-state index in [0.29, 0.717) is 18.0 Å². The van der Waals surface area contributed by atoms with Crippen LogP contribution in [0.1, 0.15) is 97.1 Å². The summed E-state index contributed by atoms with van der Waals surface area (Å²) in [6.45, 7) is 2.86. The normalized spacial score (nSPS) is 25.0. The summed E-state index contributed by atoms with van der Waals surface area (Å²) in [5.41, 5.74) is 1.76. The zero-order valence-electron chi connectivity index (χ0n) is 35.1. The highest BCUT2D eigenvalue weighted by atomic mass is 19.3. The van der Waals surface area contributed by atoms with Gasteiger partial charge >= 0.3 is 0 Å². The number of alkyl halides is 4. The van der Waals surface area contributed by atoms with Gasteiger partial charge in [0.2, 0.25) is 11.8 Å². The third-order valence-corrected chi connectivity index (χ3v) is 13.5. The summed E-state index contributed by atoms with van der Waals surface area (Å²) in [4.78, 5) is 46.2. The average molecular weight is 886 g/mol. The predicted molar refractivity (Wildman–Crippen MR) is 223 cm³/mol. The fourth-order valence-corrected chi connectivity index (χ4v) is 10.1. The number of aryl methyl sites for hydroxylation is 1. The summed E-state index contributed by atoms with van der Waals surface area (Å²) in [6, 6.07) is 6.02. The Balaban J connectivity index is 0.699. The minimum Gasteiger partial charge on any atom is -0.368 e. The molecule has 4 saturated heterocycles. The molecule has 0 spiro atoms. The lowest BCUT2D eigenvalue weighted by molar-refractivity contribution is -0.134. The number of fused-ring (bicyclic) bond motifs is 4. The van der Waals surface area contributed by atoms with Gasteiger partial charge in [0.1, 0.15) is 30.1 Å². The van der Waals surface area contributed by atoms with E-state index < -0.39 is 42.0 Å². The van der Waals surface area contributed by atoms with Crippen LogP contribution in [0.25, 0.3) is 16.6 Å². The number of nitrogens with one attached hydrogen (secondary N) is 2. The van der Waals surface area contributed by atoms with Crippen LogP contribution in [0.15, 0.2) is 42.9 Å². The number of carbonyl (C=O) groups is 3. The summed E-state index contributed by atoms with van der Waals surface area (Å²) in [6.07, 6.45) is 6.01. The minimum atomic E-state index is -3.02. The molecule has 336 valence electrons. The first-order chi connectivity index (χ1) is 30.9. The molecule has 1 aliphatic carbocycles. The van der Waals surface area contributed by atoms with Crippen molar-refractivity contribution in [1.82, 2.24) is 44.4 Å². The van der Waals surface area contributed by atoms with Gasteiger partial charge in [0.15, 0.2) is 11.3 Å². The lowest BCUT2D eigenvalue weighted by atomic mass is 9.85. The van der Waals surface area contributed by atoms with Crippen LogP contribution in [-0.4, -0.2) is 120 Å². The largest absolute Gasteiger partial charge is 0.368 e. The van der Waals surface area contributed by atoms with E-state index >= 15 is 0 Å². The smallest absolute Gasteiger partial charge is 0.297 e. The van der Waals surface area contributed by atoms with Crippen molar-refractivity contribution in [2.75, 3.05) is 49.6 Å². The Morgan fingerprint density at radius 2 is 1.89 bits per heavy atom. The van der Waals surface area contributed by atoms with Crippen molar-refractivity contribution >= 4 is 45.8 Å². The van der Waals surface area contributed by atoms with E-state index in [-0.39, 0.29) is 72.9 Å². The third kappa shape index (κ3) is 7.87. The van der Waals surface area contributed by atoms with Crippen molar-refractivity contribution in [2.45, 2.75) is 93.9 Å². The molecule has 20 heteroatoms. The Morgan fingerprint density at radius 3 is 2.62 bits per heavy atom. The van der Waals surface area contributed by atoms with Crippen molar-refractivity contribution in [3.05, 3.63) is 65.4 Å². The van der Waals surface area contributed by atoms with E-state index in [1.165, 1.54) is 28.0 Å². The van der Waals surface area contributed by atoms with Crippen molar-refractivity contribution in [3.8, 4) is 11.8 Å². The highest BCUT2D eigenvalue weighted by Gasteiger charge is 2.62. The van der Waals surface area contributed by atoms with Gasteiger partial charge in [-0.25, -0.2) is 27.1 Å². The number of hydrogen-bond acceptors (Lipinski definition) is 11. The average Bonchev–Trinajstić information content (AvgIpc) is 4.10. The number of benzene rings is 1. The SMILES string of the molecule is Cn1nc(C2CCC(=O)NC2=O)c2cccc(C#CCOC3CCN(CC4CCC(n5cc(NC(=O)c6cnn7ccc(N8C[C@H]9OC[C@@H]8C9(F)F)nc67)c(C(F)F)n5)CC4)CC3)c21. The zero-order chi connectivity index (χ0) is 44.3. The standard InChI is InChI=1S/C44H47F4N11O5/c1-55-39-26(4-2-6-29(39)37(53-55)30-11-12-36(60)52-42(30)61)5-3-19-63-28-13-16-56(17-14-28)21-25-7-9-27(10-8-25)59-22-32(38(54-59)40(45)46)50-43(62)31-20-49-58-18-15-35(51-41(31)58)57-23-34-44(47,48)33(57)24-64-34/h2,4,6,15,18,20,22,25,27-28,30,33-34,40H,7-14,16-17,19,21,23-24H2,1H3,(H,50,62)(H,52,60,61)/t25?,27?,30?,33-,34-/m1/s1. The second-order valence-electron chi connectivity index (χ2n) is 17.4. The van der Waals surface area contributed by atoms with Crippen LogP contribution in [-0.2, 0) is 26.1 Å². The first-order valence-corrected chi connectivity index (χ1v) is 21.8. The van der Waals surface area contributed by atoms with Gasteiger partial charge in [-0.15, -0.1) is 0 Å². The maximum atomic E-state index is 14.6. The molecule has 3 amide bonds. The van der Waals surface area contributed by atoms with Crippen LogP contribution < -0.4 is 15.5 Å². The Bertz CT molecular complexity index is 2670. The number of aromatic nitrogens is 7. The van der Waals surface area contributed by atoms with E-state index in [2.05, 4.69) is 47.7 Å². The number of rotatable bonds is 10. The molecular weight excluding hydrogens is 839 g/mol. The molecule has 2 bridgehead atoms. The maximum Gasteiger partial charge on any atom is 0.297 e. The molecule has 4 aliphatic heterocycles. The molecule has 5 aromatic rings. The fourth-order valence-electron chi connectivity index (χ4n) is 10.1. The van der Waals surface area contributed by atoms with Crippen molar-refractivity contribution in [2.24, 2.45) is 13.0 Å². The van der Waals surface area contributed by atoms with Crippen molar-refractivity contribution < 1.29 is 41.4 Å². The third-order valence-electron chi connectivity index (χ3n) is 13.5. The molecular formula is C44H47F4N11O5. The summed E-state index contributed by atoms with van der Waals surface area (Å²) in [7, 11) is 1.83. The summed E-state index contributed by atoms with van der Waals surface area (Å²) in [5, 5.41) is 18.9. The number of piperidine rings is 2. The van der Waals surface area contributed by atoms with Crippen LogP contribution in [0, 0.1) is 17.8 Å². The first-order valence-electron chi connectivity index (χ1n) is 21.8. The summed E-state index contributed by atoms with van der Waals surface area (Å²) in [5.74, 6) is 2.29. The van der Waals surface area contributed by atoms with E-state index in [1.807, 2.05) is 25.2 Å². The van der Waals surface area contributed by atoms with Gasteiger partial charge in [0.05, 0.1) is 59.9 Å². The maximum absolute atomic E-state index is 14.6. The van der Waals surface area contributed by atoms with Crippen LogP contribution >= 0.6 is 0 Å². The Morgan fingerprint density at radius 1 is 1.08 bits per heavy atom. The Labute approximate surface area is 364 Å². The molecule has 4 aromatic heterocycles. The lowest BCUT2D eigenvalue weighted by Crippen LogP contribution is -2.40. The number of amides is 3. The van der Waals surface area contributed by atoms with Gasteiger partial charge < -0.3 is 24.6 Å². The molecule has 16 nitrogen and oxygen atoms in total. The molecule has 10 rings (SSSR count). The number of imide groups is 1. The van der Waals surface area contributed by atoms with Crippen LogP contribution in [0.2, 0.25) is 0 Å². The van der Waals surface area contributed by atoms with Gasteiger partial charge in [-0.3, -0.25) is 29.1 Å². The van der Waals surface area contributed by atoms with E-state index in [4.69, 9.17) is 9.47 Å². The number of ether oxygens (including phenoxy) is 2. The molecule has 0 radical (unpaired) electrons. The number of anilines is 2. The van der Waals surface area contributed by atoms with E-state index in [0.717, 1.165) is 74.6 Å². The first kappa shape index (κ1) is 42.1. The van der Waals surface area contributed by atoms with Gasteiger partial charge in [-0.05, 0) is 63.0 Å². The second kappa shape index (κ2) is 16.9. The molecule has 1 unspecified atom stereocenters. The van der Waals surface area contributed by atoms with Gasteiger partial charge in [0, 0.05) is 50.9 Å². The minimum absolute atomic E-state index is 0.00594. The molecule has 64 heavy (non-hydrogen) atoms. The van der Waals surface area contributed by atoms with Crippen molar-refractivity contribution in [3.63, 3.8) is 0 Å². The monoisotopic (exact) mass is 885 g/mol. The molecule has 1 saturated carbocycles. The number of likely N-dealkylation sites (tertiary alicyclic amines) is 1. The number of hydrogen-bond donors (Lipinski definition) is 2. The highest BCUT2D eigenvalue weighted by molar-refractivity contribution is 6.08. The number of nitrogens with zero attached hydrogens (tertiary/aromatic N) is 9. The van der Waals surface area contributed by atoms with E-state index in [9.17, 15) is 31.9 Å². The molecule has 5 fully saturated rings. The van der Waals surface area contributed by atoms with Crippen LogP contribution in [0.3, 0.4) is 0 Å². The second-order valence-corrected chi connectivity index (χ2v) is 17.4. The molecule has 3 atom stereocenters. The topological polar surface area (TPSA) is 166 Å². The van der Waals surface area contributed by atoms with Gasteiger partial charge in [-0.1, -0.05) is 24.0 Å². The molecule has 8 heterocycles. The highest BCUT2D eigenvalue weighted by Crippen LogP contribution is 2.43. The Hall–Kier alpha value is -5.91. The number of halogens is 4. The van der Waals surface area contributed by atoms with Gasteiger partial charge in [0.25, 0.3) is 18.3 Å². The number of carbonyl (C=O) groups excluding carboxylic acids is 3. The number of para-hydroxylation sites is 1. The molecule has 5 aliphatic rings. The van der Waals surface area contributed by atoms with Crippen LogP contribution in [0.5, 0.6) is 0 Å². The Kier molecular flexibility index (Phi) is 11.1. The van der Waals surface area contributed by atoms with Crippen LogP contribution in [0.4, 0.5) is 29.1 Å². The quantitative estimate of drug-likeness (QED) is 0.110. The lowest BCUT2D eigenvalue weighted by Gasteiger charge is -2.36. The summed E-state index contributed by atoms with van der Waals surface area (Å²) >= 11 is 0. The summed E-state index contributed by atoms with van der Waals surface area (Å²) < 4.78 is 73.7. The molecule has 2 N–H and O–H groups in total. The van der Waals surface area contributed by atoms with Crippen molar-refractivity contribution in [1.29, 1.82) is 0 Å². The van der Waals surface area contributed by atoms with Gasteiger partial charge in [-0.2, -0.15) is 15.3 Å². The fraction of sp³-hybridized carbons (Fsp3) is 0.523. The zero-order valence-corrected chi connectivity index (χ0v) is 35.1. The predicted octanol–water partition coefficient (Wildman–Crippen LogP) is 5.01. The van der Waals surface area contributed by atoms with E-state index in [1.54, 1.807) is 15.4 Å².